The Morgan fingerprint density at radius 1 is 0.955 bits per heavy atom. The topological polar surface area (TPSA) is 74.2 Å². The van der Waals surface area contributed by atoms with Crippen LogP contribution >= 0.6 is 0 Å². The first-order valence-corrected chi connectivity index (χ1v) is 6.75. The summed E-state index contributed by atoms with van der Waals surface area (Å²) < 4.78 is 21.4. The lowest BCUT2D eigenvalue weighted by molar-refractivity contribution is 0.0742. The van der Waals surface area contributed by atoms with Crippen molar-refractivity contribution in [2.24, 2.45) is 0 Å². The molecule has 0 bridgehead atoms. The van der Waals surface area contributed by atoms with Gasteiger partial charge in [0.25, 0.3) is 0 Å². The van der Waals surface area contributed by atoms with Crippen molar-refractivity contribution >= 4 is 5.78 Å². The predicted molar refractivity (Wildman–Crippen MR) is 74.4 cm³/mol. The van der Waals surface area contributed by atoms with E-state index in [2.05, 4.69) is 0 Å². The van der Waals surface area contributed by atoms with E-state index in [1.165, 1.54) is 6.07 Å². The maximum atomic E-state index is 12.6. The third-order valence-electron chi connectivity index (χ3n) is 3.61. The predicted octanol–water partition coefficient (Wildman–Crippen LogP) is 2.06. The average molecular weight is 300 g/mol. The first kappa shape index (κ1) is 13.0. The fourth-order valence-corrected chi connectivity index (χ4v) is 2.53. The number of aliphatic hydroxyl groups excluding tert-OH is 1. The standard InChI is InChI=1S/C16H12O6/c17-12(9-4-2-1-3-5-9)13(18)10-6-11-15(21-7-19-11)16-14(10)20-8-22-16/h1-6,12,17H,7-8H2. The molecule has 1 atom stereocenters. The Kier molecular flexibility index (Phi) is 2.90. The first-order valence-electron chi connectivity index (χ1n) is 6.75. The highest BCUT2D eigenvalue weighted by Gasteiger charge is 2.34. The zero-order valence-corrected chi connectivity index (χ0v) is 11.4. The van der Waals surface area contributed by atoms with Gasteiger partial charge in [-0.25, -0.2) is 0 Å². The van der Waals surface area contributed by atoms with Crippen LogP contribution in [0.4, 0.5) is 0 Å². The quantitative estimate of drug-likeness (QED) is 0.875. The normalized spacial score (nSPS) is 15.7. The van der Waals surface area contributed by atoms with Gasteiger partial charge in [0.1, 0.15) is 6.10 Å². The van der Waals surface area contributed by atoms with Crippen LogP contribution in [-0.4, -0.2) is 24.5 Å². The summed E-state index contributed by atoms with van der Waals surface area (Å²) in [6.07, 6.45) is -1.28. The van der Waals surface area contributed by atoms with Gasteiger partial charge in [0, 0.05) is 0 Å². The number of hydrogen-bond donors (Lipinski definition) is 1. The number of hydrogen-bond acceptors (Lipinski definition) is 6. The van der Waals surface area contributed by atoms with Crippen LogP contribution in [0.25, 0.3) is 0 Å². The highest BCUT2D eigenvalue weighted by Crippen LogP contribution is 2.51. The molecule has 112 valence electrons. The summed E-state index contributed by atoms with van der Waals surface area (Å²) in [6.45, 7) is 0.0564. The largest absolute Gasteiger partial charge is 0.453 e. The van der Waals surface area contributed by atoms with Crippen LogP contribution in [0, 0.1) is 0 Å². The van der Waals surface area contributed by atoms with E-state index < -0.39 is 11.9 Å². The number of carbonyl (C=O) groups is 1. The van der Waals surface area contributed by atoms with Gasteiger partial charge in [0.15, 0.2) is 17.3 Å². The van der Waals surface area contributed by atoms with Gasteiger partial charge in [0.2, 0.25) is 25.1 Å². The molecular weight excluding hydrogens is 288 g/mol. The van der Waals surface area contributed by atoms with Gasteiger partial charge in [-0.2, -0.15) is 0 Å². The first-order chi connectivity index (χ1) is 10.8. The van der Waals surface area contributed by atoms with Crippen molar-refractivity contribution < 1.29 is 28.8 Å². The molecule has 0 saturated carbocycles. The van der Waals surface area contributed by atoms with Crippen LogP contribution in [0.1, 0.15) is 22.0 Å². The van der Waals surface area contributed by atoms with E-state index in [0.717, 1.165) is 0 Å². The lowest BCUT2D eigenvalue weighted by Gasteiger charge is -2.12. The SMILES string of the molecule is O=C(c1cc2c(c3c1OCO3)OCO2)C(O)c1ccccc1. The highest BCUT2D eigenvalue weighted by molar-refractivity contribution is 6.04. The molecule has 1 unspecified atom stereocenters. The number of aliphatic hydroxyl groups is 1. The van der Waals surface area contributed by atoms with E-state index in [-0.39, 0.29) is 24.9 Å². The summed E-state index contributed by atoms with van der Waals surface area (Å²) in [5, 5.41) is 10.3. The van der Waals surface area contributed by atoms with Gasteiger partial charge in [-0.3, -0.25) is 4.79 Å². The Bertz CT molecular complexity index is 740. The number of carbonyl (C=O) groups excluding carboxylic acids is 1. The Morgan fingerprint density at radius 2 is 1.64 bits per heavy atom. The van der Waals surface area contributed by atoms with E-state index in [9.17, 15) is 9.90 Å². The van der Waals surface area contributed by atoms with Crippen LogP contribution in [0.15, 0.2) is 36.4 Å². The molecule has 4 rings (SSSR count). The molecule has 2 aromatic rings. The molecule has 22 heavy (non-hydrogen) atoms. The number of ether oxygens (including phenoxy) is 4. The van der Waals surface area contributed by atoms with Gasteiger partial charge >= 0.3 is 0 Å². The van der Waals surface area contributed by atoms with E-state index in [4.69, 9.17) is 18.9 Å². The van der Waals surface area contributed by atoms with Gasteiger partial charge in [-0.15, -0.1) is 0 Å². The molecule has 0 aliphatic carbocycles. The average Bonchev–Trinajstić information content (AvgIpc) is 3.21. The number of benzene rings is 2. The summed E-state index contributed by atoms with van der Waals surface area (Å²) >= 11 is 0. The zero-order chi connectivity index (χ0) is 15.1. The fourth-order valence-electron chi connectivity index (χ4n) is 2.53. The second-order valence-corrected chi connectivity index (χ2v) is 4.90. The van der Waals surface area contributed by atoms with Crippen molar-refractivity contribution in [2.75, 3.05) is 13.6 Å². The molecule has 1 N–H and O–H groups in total. The van der Waals surface area contributed by atoms with Crippen molar-refractivity contribution in [3.63, 3.8) is 0 Å². The number of Topliss-reactive ketones (excluding diaryl/α,β-unsaturated/α-hetero) is 1. The minimum absolute atomic E-state index is 0.00312. The molecule has 2 aliphatic heterocycles. The van der Waals surface area contributed by atoms with Gasteiger partial charge in [-0.05, 0) is 11.6 Å². The number of rotatable bonds is 3. The van der Waals surface area contributed by atoms with Gasteiger partial charge in [-0.1, -0.05) is 30.3 Å². The van der Waals surface area contributed by atoms with Crippen molar-refractivity contribution in [3.05, 3.63) is 47.5 Å². The molecule has 2 aliphatic rings. The number of ketones is 1. The van der Waals surface area contributed by atoms with E-state index in [1.54, 1.807) is 24.3 Å². The molecule has 2 heterocycles. The molecule has 6 heteroatoms. The minimum atomic E-state index is -1.28. The molecule has 0 fully saturated rings. The maximum absolute atomic E-state index is 12.6. The van der Waals surface area contributed by atoms with Crippen LogP contribution < -0.4 is 18.9 Å². The molecule has 0 radical (unpaired) electrons. The second-order valence-electron chi connectivity index (χ2n) is 4.90. The highest BCUT2D eigenvalue weighted by atomic mass is 16.7. The summed E-state index contributed by atoms with van der Waals surface area (Å²) in [5.74, 6) is 0.986. The monoisotopic (exact) mass is 300 g/mol. The Balaban J connectivity index is 1.77. The second kappa shape index (κ2) is 4.92. The van der Waals surface area contributed by atoms with Crippen molar-refractivity contribution in [3.8, 4) is 23.0 Å². The van der Waals surface area contributed by atoms with Gasteiger partial charge in [0.05, 0.1) is 5.56 Å². The summed E-state index contributed by atoms with van der Waals surface area (Å²) in [6, 6.07) is 10.2. The van der Waals surface area contributed by atoms with Crippen LogP contribution in [0.2, 0.25) is 0 Å². The maximum Gasteiger partial charge on any atom is 0.231 e. The fraction of sp³-hybridized carbons (Fsp3) is 0.188. The summed E-state index contributed by atoms with van der Waals surface area (Å²) in [7, 11) is 0. The summed E-state index contributed by atoms with van der Waals surface area (Å²) in [5.41, 5.74) is 0.728. The van der Waals surface area contributed by atoms with E-state index in [1.807, 2.05) is 6.07 Å². The number of fused-ring (bicyclic) bond motifs is 3. The molecule has 6 nitrogen and oxygen atoms in total. The third-order valence-corrected chi connectivity index (χ3v) is 3.61. The van der Waals surface area contributed by atoms with Crippen molar-refractivity contribution in [1.82, 2.24) is 0 Å². The third kappa shape index (κ3) is 1.88. The molecule has 2 aromatic carbocycles. The van der Waals surface area contributed by atoms with Crippen LogP contribution in [0.3, 0.4) is 0 Å². The molecular formula is C16H12O6. The molecule has 0 aromatic heterocycles. The smallest absolute Gasteiger partial charge is 0.231 e. The van der Waals surface area contributed by atoms with Crippen molar-refractivity contribution in [1.29, 1.82) is 0 Å². The Morgan fingerprint density at radius 3 is 2.45 bits per heavy atom. The zero-order valence-electron chi connectivity index (χ0n) is 11.4. The van der Waals surface area contributed by atoms with Crippen LogP contribution in [-0.2, 0) is 0 Å². The Labute approximate surface area is 125 Å². The molecule has 0 saturated heterocycles. The van der Waals surface area contributed by atoms with Crippen LogP contribution in [0.5, 0.6) is 23.0 Å². The van der Waals surface area contributed by atoms with Gasteiger partial charge < -0.3 is 24.1 Å². The lowest BCUT2D eigenvalue weighted by Crippen LogP contribution is -2.13. The lowest BCUT2D eigenvalue weighted by atomic mass is 9.98. The Hall–Kier alpha value is -2.73. The minimum Gasteiger partial charge on any atom is -0.453 e. The molecule has 0 spiro atoms. The van der Waals surface area contributed by atoms with E-state index >= 15 is 0 Å². The molecule has 0 amide bonds. The summed E-state index contributed by atoms with van der Waals surface area (Å²) in [4.78, 5) is 12.6. The van der Waals surface area contributed by atoms with E-state index in [0.29, 0.717) is 22.8 Å². The van der Waals surface area contributed by atoms with Crippen molar-refractivity contribution in [2.45, 2.75) is 6.10 Å².